The zero-order valence-electron chi connectivity index (χ0n) is 12.6. The van der Waals surface area contributed by atoms with Crippen LogP contribution in [0.4, 0.5) is 5.69 Å². The summed E-state index contributed by atoms with van der Waals surface area (Å²) in [6.07, 6.45) is 1.46. The van der Waals surface area contributed by atoms with Gasteiger partial charge in [-0.3, -0.25) is 14.5 Å². The molecule has 0 saturated carbocycles. The number of benzene rings is 1. The number of anilines is 1. The second kappa shape index (κ2) is 4.95. The Morgan fingerprint density at radius 3 is 2.71 bits per heavy atom. The summed E-state index contributed by atoms with van der Waals surface area (Å²) in [5, 5.41) is 12.1. The quantitative estimate of drug-likeness (QED) is 0.819. The maximum Gasteiger partial charge on any atom is 0.258 e. The lowest BCUT2D eigenvalue weighted by atomic mass is 9.96. The van der Waals surface area contributed by atoms with E-state index in [1.165, 1.54) is 11.2 Å². The van der Waals surface area contributed by atoms with Crippen LogP contribution in [-0.2, 0) is 16.1 Å². The number of carbonyl (C=O) groups excluding carboxylic acids is 3. The second-order valence-electron chi connectivity index (χ2n) is 5.82. The number of para-hydroxylation sites is 1. The summed E-state index contributed by atoms with van der Waals surface area (Å²) in [6, 6.07) is 9.81. The zero-order valence-corrected chi connectivity index (χ0v) is 12.6. The number of carboxylic acids is 1. The van der Waals surface area contributed by atoms with Crippen LogP contribution in [0.5, 0.6) is 0 Å². The highest BCUT2D eigenvalue weighted by molar-refractivity contribution is 6.15. The third kappa shape index (κ3) is 1.75. The number of furan rings is 1. The van der Waals surface area contributed by atoms with Gasteiger partial charge in [-0.15, -0.1) is 0 Å². The molecule has 0 bridgehead atoms. The summed E-state index contributed by atoms with van der Waals surface area (Å²) < 4.78 is 5.26. The lowest BCUT2D eigenvalue weighted by Crippen LogP contribution is -2.71. The second-order valence-corrected chi connectivity index (χ2v) is 5.82. The Hall–Kier alpha value is -3.09. The molecule has 2 amide bonds. The van der Waals surface area contributed by atoms with Crippen LogP contribution < -0.4 is 10.0 Å². The number of hydrogen-bond donors (Lipinski definition) is 0. The summed E-state index contributed by atoms with van der Waals surface area (Å²) in [4.78, 5) is 39.8. The van der Waals surface area contributed by atoms with E-state index < -0.39 is 17.5 Å². The first kappa shape index (κ1) is 14.5. The first-order valence-electron chi connectivity index (χ1n) is 7.53. The zero-order chi connectivity index (χ0) is 16.9. The van der Waals surface area contributed by atoms with Gasteiger partial charge in [0.25, 0.3) is 5.91 Å². The third-order valence-corrected chi connectivity index (χ3v) is 4.59. The van der Waals surface area contributed by atoms with E-state index in [0.717, 1.165) is 4.90 Å². The highest BCUT2D eigenvalue weighted by Gasteiger charge is 2.57. The molecule has 122 valence electrons. The van der Waals surface area contributed by atoms with Crippen LogP contribution in [0.15, 0.2) is 47.1 Å². The van der Waals surface area contributed by atoms with E-state index in [1.807, 2.05) is 0 Å². The molecule has 4 rings (SSSR count). The maximum atomic E-state index is 13.0. The van der Waals surface area contributed by atoms with Crippen molar-refractivity contribution in [2.24, 2.45) is 0 Å². The van der Waals surface area contributed by atoms with Gasteiger partial charge in [-0.25, -0.2) is 0 Å². The minimum Gasteiger partial charge on any atom is -0.545 e. The maximum absolute atomic E-state index is 13.0. The van der Waals surface area contributed by atoms with Crippen molar-refractivity contribution < 1.29 is 23.9 Å². The van der Waals surface area contributed by atoms with E-state index in [-0.39, 0.29) is 30.9 Å². The largest absolute Gasteiger partial charge is 0.545 e. The van der Waals surface area contributed by atoms with Gasteiger partial charge in [-0.1, -0.05) is 12.1 Å². The van der Waals surface area contributed by atoms with Gasteiger partial charge in [-0.2, -0.15) is 0 Å². The van der Waals surface area contributed by atoms with Gasteiger partial charge in [0, 0.05) is 12.8 Å². The standard InChI is InChI=1S/C17H14N2O5/c20-14-7-8-17(16(22)23)18(10-11-4-3-9-24-11)15(21)12-5-1-2-6-13(12)19(14)17/h1-6,9H,7-8,10H2,(H,22,23)/p-1/t17-/m1/s1. The summed E-state index contributed by atoms with van der Waals surface area (Å²) in [7, 11) is 0. The van der Waals surface area contributed by atoms with Crippen LogP contribution in [0.3, 0.4) is 0 Å². The summed E-state index contributed by atoms with van der Waals surface area (Å²) in [5.41, 5.74) is -1.23. The van der Waals surface area contributed by atoms with Crippen LogP contribution in [0, 0.1) is 0 Å². The van der Waals surface area contributed by atoms with Crippen LogP contribution in [0.1, 0.15) is 29.0 Å². The number of fused-ring (bicyclic) bond motifs is 3. The number of nitrogens with zero attached hydrogens (tertiary/aromatic N) is 2. The molecule has 7 nitrogen and oxygen atoms in total. The summed E-state index contributed by atoms with van der Waals surface area (Å²) in [6.45, 7) is -0.0576. The van der Waals surface area contributed by atoms with Crippen molar-refractivity contribution in [1.82, 2.24) is 4.90 Å². The van der Waals surface area contributed by atoms with Gasteiger partial charge in [0.2, 0.25) is 5.91 Å². The topological polar surface area (TPSA) is 93.9 Å². The van der Waals surface area contributed by atoms with Crippen molar-refractivity contribution in [3.8, 4) is 0 Å². The van der Waals surface area contributed by atoms with E-state index >= 15 is 0 Å². The first-order chi connectivity index (χ1) is 11.6. The number of carboxylic acid groups (broad SMARTS) is 1. The number of carbonyl (C=O) groups is 3. The highest BCUT2D eigenvalue weighted by atomic mass is 16.4. The Balaban J connectivity index is 1.93. The molecule has 24 heavy (non-hydrogen) atoms. The van der Waals surface area contributed by atoms with Crippen molar-refractivity contribution in [3.05, 3.63) is 54.0 Å². The molecule has 1 atom stereocenters. The SMILES string of the molecule is O=C1c2ccccc2N2C(=O)CC[C@@]2(C(=O)[O-])N1Cc1ccco1. The van der Waals surface area contributed by atoms with Crippen LogP contribution in [-0.4, -0.2) is 28.3 Å². The first-order valence-corrected chi connectivity index (χ1v) is 7.53. The molecule has 0 aliphatic carbocycles. The summed E-state index contributed by atoms with van der Waals surface area (Å²) >= 11 is 0. The van der Waals surface area contributed by atoms with E-state index in [9.17, 15) is 19.5 Å². The van der Waals surface area contributed by atoms with Crippen molar-refractivity contribution in [3.63, 3.8) is 0 Å². The fourth-order valence-electron chi connectivity index (χ4n) is 3.53. The molecule has 2 aromatic rings. The Morgan fingerprint density at radius 2 is 2.00 bits per heavy atom. The van der Waals surface area contributed by atoms with Crippen molar-refractivity contribution in [2.45, 2.75) is 25.0 Å². The minimum absolute atomic E-state index is 0.0189. The lowest BCUT2D eigenvalue weighted by molar-refractivity contribution is -0.318. The van der Waals surface area contributed by atoms with Gasteiger partial charge in [-0.05, 0) is 24.3 Å². The van der Waals surface area contributed by atoms with Crippen molar-refractivity contribution in [2.75, 3.05) is 4.90 Å². The summed E-state index contributed by atoms with van der Waals surface area (Å²) in [5.74, 6) is -1.84. The molecule has 2 aliphatic heterocycles. The Bertz CT molecular complexity index is 844. The molecule has 1 fully saturated rings. The molecule has 3 heterocycles. The van der Waals surface area contributed by atoms with E-state index in [1.54, 1.807) is 36.4 Å². The number of amides is 2. The van der Waals surface area contributed by atoms with Gasteiger partial charge in [0.05, 0.1) is 30.0 Å². The average molecular weight is 325 g/mol. The van der Waals surface area contributed by atoms with Crippen molar-refractivity contribution in [1.29, 1.82) is 0 Å². The fourth-order valence-corrected chi connectivity index (χ4v) is 3.53. The monoisotopic (exact) mass is 325 g/mol. The lowest BCUT2D eigenvalue weighted by Gasteiger charge is -2.50. The van der Waals surface area contributed by atoms with Gasteiger partial charge in [0.1, 0.15) is 5.76 Å². The third-order valence-electron chi connectivity index (χ3n) is 4.59. The van der Waals surface area contributed by atoms with Gasteiger partial charge in [0.15, 0.2) is 5.66 Å². The molecule has 0 radical (unpaired) electrons. The van der Waals surface area contributed by atoms with E-state index in [0.29, 0.717) is 11.4 Å². The fraction of sp³-hybridized carbons (Fsp3) is 0.235. The predicted molar refractivity (Wildman–Crippen MR) is 79.5 cm³/mol. The molecule has 2 aliphatic rings. The van der Waals surface area contributed by atoms with Crippen LogP contribution in [0.25, 0.3) is 0 Å². The molecule has 0 spiro atoms. The van der Waals surface area contributed by atoms with E-state index in [2.05, 4.69) is 0 Å². The van der Waals surface area contributed by atoms with Gasteiger partial charge >= 0.3 is 0 Å². The highest BCUT2D eigenvalue weighted by Crippen LogP contribution is 2.44. The Kier molecular flexibility index (Phi) is 2.99. The average Bonchev–Trinajstić information content (AvgIpc) is 3.20. The van der Waals surface area contributed by atoms with E-state index in [4.69, 9.17) is 4.42 Å². The molecule has 1 aromatic carbocycles. The number of hydrogen-bond acceptors (Lipinski definition) is 5. The van der Waals surface area contributed by atoms with Crippen LogP contribution in [0.2, 0.25) is 0 Å². The molecule has 1 saturated heterocycles. The normalized spacial score (nSPS) is 22.5. The predicted octanol–water partition coefficient (Wildman–Crippen LogP) is 0.509. The molecule has 7 heteroatoms. The molecular weight excluding hydrogens is 312 g/mol. The van der Waals surface area contributed by atoms with Crippen molar-refractivity contribution >= 4 is 23.5 Å². The Labute approximate surface area is 137 Å². The molecular formula is C17H13N2O5-. The minimum atomic E-state index is -1.82. The number of aliphatic carboxylic acids is 1. The molecule has 0 unspecified atom stereocenters. The van der Waals surface area contributed by atoms with Crippen LogP contribution >= 0.6 is 0 Å². The number of rotatable bonds is 3. The molecule has 1 aromatic heterocycles. The smallest absolute Gasteiger partial charge is 0.258 e. The molecule has 0 N–H and O–H groups in total. The van der Waals surface area contributed by atoms with Gasteiger partial charge < -0.3 is 19.2 Å². The Morgan fingerprint density at radius 1 is 1.21 bits per heavy atom.